The van der Waals surface area contributed by atoms with Crippen molar-refractivity contribution in [3.63, 3.8) is 0 Å². The number of sulfonamides is 1. The molecule has 196 valence electrons. The number of carbonyl (C=O) groups excluding carboxylic acids is 1. The molecule has 1 amide bonds. The van der Waals surface area contributed by atoms with Crippen LogP contribution in [0.3, 0.4) is 0 Å². The molecule has 0 bridgehead atoms. The second-order valence-electron chi connectivity index (χ2n) is 8.92. The average molecular weight is 539 g/mol. The minimum atomic E-state index is -4.60. The highest BCUT2D eigenvalue weighted by molar-refractivity contribution is 7.89. The maximum absolute atomic E-state index is 14.8. The van der Waals surface area contributed by atoms with Crippen LogP contribution in [-0.2, 0) is 36.0 Å². The fourth-order valence-electron chi connectivity index (χ4n) is 4.49. The van der Waals surface area contributed by atoms with E-state index in [0.717, 1.165) is 35.6 Å². The summed E-state index contributed by atoms with van der Waals surface area (Å²) in [4.78, 5) is 17.3. The molecule has 1 N–H and O–H groups in total. The number of rotatable bonds is 6. The van der Waals surface area contributed by atoms with Gasteiger partial charge in [0.15, 0.2) is 5.82 Å². The first kappa shape index (κ1) is 25.3. The number of nitrogens with zero attached hydrogens (tertiary/aromatic N) is 5. The molecule has 1 aromatic carbocycles. The van der Waals surface area contributed by atoms with Crippen molar-refractivity contribution in [2.24, 2.45) is 0 Å². The third-order valence-electron chi connectivity index (χ3n) is 6.38. The fraction of sp³-hybridized carbons (Fsp3) is 0.391. The molecule has 0 saturated carbocycles. The summed E-state index contributed by atoms with van der Waals surface area (Å²) in [5, 5.41) is 10.9. The van der Waals surface area contributed by atoms with E-state index >= 15 is 0 Å². The molecule has 0 unspecified atom stereocenters. The molecule has 0 saturated heterocycles. The van der Waals surface area contributed by atoms with Gasteiger partial charge in [-0.05, 0) is 48.2 Å². The van der Waals surface area contributed by atoms with Gasteiger partial charge in [-0.2, -0.15) is 17.5 Å². The fourth-order valence-corrected chi connectivity index (χ4v) is 5.94. The van der Waals surface area contributed by atoms with Crippen molar-refractivity contribution in [1.82, 2.24) is 24.1 Å². The van der Waals surface area contributed by atoms with Crippen molar-refractivity contribution < 1.29 is 30.8 Å². The van der Waals surface area contributed by atoms with Crippen LogP contribution in [0.5, 0.6) is 0 Å². The molecule has 4 heterocycles. The molecule has 2 aliphatic heterocycles. The predicted octanol–water partition coefficient (Wildman–Crippen LogP) is 3.32. The Hall–Kier alpha value is -3.39. The molecule has 5 rings (SSSR count). The van der Waals surface area contributed by atoms with E-state index in [9.17, 15) is 30.8 Å². The third-order valence-corrected chi connectivity index (χ3v) is 8.20. The number of hydrogen-bond donors (Lipinski definition) is 1. The SMILES string of the molecule is O=C(Nc1cccc(-c2nnc3n2CCC3)n1)c1cc2c(cc1F)CCN(S(=O)(=O)CCC(F)(F)F)C2. The molecule has 37 heavy (non-hydrogen) atoms. The van der Waals surface area contributed by atoms with Crippen LogP contribution in [0.25, 0.3) is 11.5 Å². The predicted molar refractivity (Wildman–Crippen MR) is 125 cm³/mol. The van der Waals surface area contributed by atoms with Crippen LogP contribution in [-0.4, -0.2) is 56.9 Å². The molecular formula is C23H22F4N6O3S. The van der Waals surface area contributed by atoms with Crippen molar-refractivity contribution in [2.75, 3.05) is 17.6 Å². The molecular weight excluding hydrogens is 516 g/mol. The van der Waals surface area contributed by atoms with E-state index in [0.29, 0.717) is 22.6 Å². The molecule has 2 aromatic heterocycles. The third kappa shape index (κ3) is 5.34. The average Bonchev–Trinajstić information content (AvgIpc) is 3.46. The number of fused-ring (bicyclic) bond motifs is 2. The Kier molecular flexibility index (Phi) is 6.48. The number of carbonyl (C=O) groups is 1. The van der Waals surface area contributed by atoms with Crippen molar-refractivity contribution in [3.8, 4) is 11.5 Å². The summed E-state index contributed by atoms with van der Waals surface area (Å²) in [6.45, 7) is 0.447. The van der Waals surface area contributed by atoms with Crippen LogP contribution in [0.15, 0.2) is 30.3 Å². The number of aromatic nitrogens is 4. The van der Waals surface area contributed by atoms with Gasteiger partial charge < -0.3 is 9.88 Å². The first-order chi connectivity index (χ1) is 17.5. The highest BCUT2D eigenvalue weighted by Crippen LogP contribution is 2.28. The summed E-state index contributed by atoms with van der Waals surface area (Å²) >= 11 is 0. The van der Waals surface area contributed by atoms with Crippen molar-refractivity contribution >= 4 is 21.7 Å². The topological polar surface area (TPSA) is 110 Å². The number of pyridine rings is 1. The van der Waals surface area contributed by atoms with Crippen LogP contribution in [0.1, 0.15) is 40.2 Å². The van der Waals surface area contributed by atoms with Gasteiger partial charge in [0, 0.05) is 26.1 Å². The summed E-state index contributed by atoms with van der Waals surface area (Å²) in [7, 11) is -4.19. The highest BCUT2D eigenvalue weighted by atomic mass is 32.2. The molecule has 0 aliphatic carbocycles. The number of nitrogens with one attached hydrogen (secondary N) is 1. The maximum Gasteiger partial charge on any atom is 0.390 e. The van der Waals surface area contributed by atoms with E-state index in [4.69, 9.17) is 0 Å². The van der Waals surface area contributed by atoms with Crippen LogP contribution >= 0.6 is 0 Å². The number of hydrogen-bond acceptors (Lipinski definition) is 6. The Morgan fingerprint density at radius 2 is 1.89 bits per heavy atom. The zero-order valence-electron chi connectivity index (χ0n) is 19.4. The smallest absolute Gasteiger partial charge is 0.310 e. The van der Waals surface area contributed by atoms with Gasteiger partial charge >= 0.3 is 6.18 Å². The second kappa shape index (κ2) is 9.49. The van der Waals surface area contributed by atoms with E-state index in [1.807, 2.05) is 4.57 Å². The molecule has 0 spiro atoms. The Balaban J connectivity index is 1.34. The number of amides is 1. The maximum atomic E-state index is 14.8. The lowest BCUT2D eigenvalue weighted by molar-refractivity contribution is -0.130. The lowest BCUT2D eigenvalue weighted by Gasteiger charge is -2.28. The summed E-state index contributed by atoms with van der Waals surface area (Å²) in [5.41, 5.74) is 1.01. The van der Waals surface area contributed by atoms with E-state index in [-0.39, 0.29) is 30.9 Å². The van der Waals surface area contributed by atoms with Crippen molar-refractivity contribution in [2.45, 2.75) is 44.9 Å². The summed E-state index contributed by atoms with van der Waals surface area (Å²) in [6.07, 6.45) is -4.17. The van der Waals surface area contributed by atoms with Gasteiger partial charge in [0.1, 0.15) is 23.2 Å². The minimum Gasteiger partial charge on any atom is -0.310 e. The molecule has 0 atom stereocenters. The first-order valence-electron chi connectivity index (χ1n) is 11.6. The minimum absolute atomic E-state index is 0.0682. The van der Waals surface area contributed by atoms with E-state index in [1.165, 1.54) is 12.1 Å². The van der Waals surface area contributed by atoms with Gasteiger partial charge in [-0.3, -0.25) is 4.79 Å². The number of anilines is 1. The van der Waals surface area contributed by atoms with Gasteiger partial charge in [0.25, 0.3) is 5.91 Å². The van der Waals surface area contributed by atoms with Gasteiger partial charge in [-0.25, -0.2) is 17.8 Å². The van der Waals surface area contributed by atoms with Crippen LogP contribution in [0, 0.1) is 5.82 Å². The molecule has 0 fully saturated rings. The first-order valence-corrected chi connectivity index (χ1v) is 13.2. The molecule has 9 nitrogen and oxygen atoms in total. The second-order valence-corrected chi connectivity index (χ2v) is 11.0. The van der Waals surface area contributed by atoms with E-state index in [1.54, 1.807) is 12.1 Å². The highest BCUT2D eigenvalue weighted by Gasteiger charge is 2.34. The van der Waals surface area contributed by atoms with Crippen LogP contribution in [0.2, 0.25) is 0 Å². The molecule has 2 aliphatic rings. The van der Waals surface area contributed by atoms with Crippen LogP contribution < -0.4 is 5.32 Å². The van der Waals surface area contributed by atoms with E-state index in [2.05, 4.69) is 20.5 Å². The van der Waals surface area contributed by atoms with Gasteiger partial charge in [-0.15, -0.1) is 10.2 Å². The van der Waals surface area contributed by atoms with Crippen LogP contribution in [0.4, 0.5) is 23.4 Å². The van der Waals surface area contributed by atoms with Gasteiger partial charge in [0.2, 0.25) is 10.0 Å². The standard InChI is InChI=1S/C23H22F4N6O3S/c24-17-12-14-6-9-32(37(35,36)10-7-23(25,26)27)13-15(14)11-16(17)22(34)29-19-4-1-3-18(28-19)21-31-30-20-5-2-8-33(20)21/h1,3-4,11-12H,2,5-10,13H2,(H,28,29,34). The largest absolute Gasteiger partial charge is 0.390 e. The zero-order chi connectivity index (χ0) is 26.4. The lowest BCUT2D eigenvalue weighted by atomic mass is 9.97. The quantitative estimate of drug-likeness (QED) is 0.483. The Morgan fingerprint density at radius 1 is 1.08 bits per heavy atom. The van der Waals surface area contributed by atoms with Gasteiger partial charge in [-0.1, -0.05) is 6.07 Å². The summed E-state index contributed by atoms with van der Waals surface area (Å²) in [5.74, 6) is -1.08. The van der Waals surface area contributed by atoms with Crippen molar-refractivity contribution in [3.05, 3.63) is 58.7 Å². The number of benzene rings is 1. The van der Waals surface area contributed by atoms with E-state index < -0.39 is 40.1 Å². The zero-order valence-corrected chi connectivity index (χ0v) is 20.2. The van der Waals surface area contributed by atoms with Gasteiger partial charge in [0.05, 0.1) is 17.7 Å². The van der Waals surface area contributed by atoms with Crippen molar-refractivity contribution in [1.29, 1.82) is 0 Å². The number of halogens is 4. The lowest BCUT2D eigenvalue weighted by Crippen LogP contribution is -2.38. The number of aryl methyl sites for hydroxylation is 1. The normalized spacial score (nSPS) is 15.9. The Labute approximate surface area is 209 Å². The monoisotopic (exact) mass is 538 g/mol. The number of alkyl halides is 3. The molecule has 0 radical (unpaired) electrons. The summed E-state index contributed by atoms with van der Waals surface area (Å²) in [6, 6.07) is 7.32. The summed E-state index contributed by atoms with van der Waals surface area (Å²) < 4.78 is 80.1. The Bertz CT molecular complexity index is 1470. The molecule has 3 aromatic rings. The Morgan fingerprint density at radius 3 is 2.68 bits per heavy atom. The molecule has 14 heteroatoms.